The fourth-order valence-corrected chi connectivity index (χ4v) is 1.97. The van der Waals surface area contributed by atoms with E-state index in [9.17, 15) is 8.78 Å². The van der Waals surface area contributed by atoms with Gasteiger partial charge in [0, 0.05) is 13.0 Å². The fourth-order valence-electron chi connectivity index (χ4n) is 1.97. The lowest BCUT2D eigenvalue weighted by molar-refractivity contribution is -0.0498. The summed E-state index contributed by atoms with van der Waals surface area (Å²) in [5.74, 6) is 1.17. The van der Waals surface area contributed by atoms with Crippen LogP contribution >= 0.6 is 0 Å². The molecule has 0 saturated carbocycles. The van der Waals surface area contributed by atoms with E-state index in [1.54, 1.807) is 19.1 Å². The summed E-state index contributed by atoms with van der Waals surface area (Å²) in [5, 5.41) is 11.0. The van der Waals surface area contributed by atoms with Crippen molar-refractivity contribution in [2.24, 2.45) is 0 Å². The normalized spacial score (nSPS) is 14.2. The minimum Gasteiger partial charge on any atom is -0.435 e. The Labute approximate surface area is 121 Å². The van der Waals surface area contributed by atoms with Crippen LogP contribution in [0.2, 0.25) is 0 Å². The van der Waals surface area contributed by atoms with Crippen molar-refractivity contribution in [2.45, 2.75) is 39.5 Å². The van der Waals surface area contributed by atoms with Crippen molar-refractivity contribution in [3.8, 4) is 5.75 Å². The lowest BCUT2D eigenvalue weighted by Gasteiger charge is -2.18. The number of ether oxygens (including phenoxy) is 1. The summed E-state index contributed by atoms with van der Waals surface area (Å²) in [5.41, 5.74) is 0.944. The van der Waals surface area contributed by atoms with Gasteiger partial charge in [0.2, 0.25) is 11.8 Å². The van der Waals surface area contributed by atoms with E-state index in [1.165, 1.54) is 12.1 Å². The van der Waals surface area contributed by atoms with E-state index in [0.717, 1.165) is 5.56 Å². The lowest BCUT2D eigenvalue weighted by atomic mass is 10.1. The number of alkyl halides is 2. The Morgan fingerprint density at radius 3 is 2.29 bits per heavy atom. The molecule has 1 N–H and O–H groups in total. The summed E-state index contributed by atoms with van der Waals surface area (Å²) in [6, 6.07) is 6.39. The van der Waals surface area contributed by atoms with Gasteiger partial charge >= 0.3 is 6.61 Å². The molecule has 0 aliphatic rings. The molecule has 0 aliphatic carbocycles. The molecule has 0 fully saturated rings. The maximum Gasteiger partial charge on any atom is 0.387 e. The molecular formula is C14H17F2N3O2. The lowest BCUT2D eigenvalue weighted by Crippen LogP contribution is -2.22. The molecule has 0 aliphatic heterocycles. The monoisotopic (exact) mass is 297 g/mol. The van der Waals surface area contributed by atoms with Gasteiger partial charge in [-0.15, -0.1) is 10.2 Å². The summed E-state index contributed by atoms with van der Waals surface area (Å²) in [7, 11) is 0. The van der Waals surface area contributed by atoms with Crippen LogP contribution < -0.4 is 10.1 Å². The number of nitrogens with one attached hydrogen (secondary N) is 1. The molecule has 21 heavy (non-hydrogen) atoms. The largest absolute Gasteiger partial charge is 0.435 e. The van der Waals surface area contributed by atoms with Gasteiger partial charge in [0.1, 0.15) is 5.75 Å². The molecule has 0 radical (unpaired) electrons. The number of aromatic nitrogens is 2. The van der Waals surface area contributed by atoms with E-state index >= 15 is 0 Å². The molecule has 0 unspecified atom stereocenters. The number of benzene rings is 1. The fraction of sp³-hybridized carbons (Fsp3) is 0.429. The van der Waals surface area contributed by atoms with Crippen molar-refractivity contribution >= 4 is 0 Å². The highest BCUT2D eigenvalue weighted by molar-refractivity contribution is 5.29. The van der Waals surface area contributed by atoms with Crippen LogP contribution in [0, 0.1) is 6.92 Å². The topological polar surface area (TPSA) is 60.2 Å². The average molecular weight is 297 g/mol. The van der Waals surface area contributed by atoms with Crippen LogP contribution in [0.25, 0.3) is 0 Å². The van der Waals surface area contributed by atoms with E-state index in [4.69, 9.17) is 4.42 Å². The Hall–Kier alpha value is -2.02. The van der Waals surface area contributed by atoms with E-state index in [1.807, 2.05) is 13.8 Å². The quantitative estimate of drug-likeness (QED) is 0.885. The first-order valence-electron chi connectivity index (χ1n) is 6.56. The molecule has 5 nitrogen and oxygen atoms in total. The molecule has 1 heterocycles. The third-order valence-corrected chi connectivity index (χ3v) is 3.02. The summed E-state index contributed by atoms with van der Waals surface area (Å²) in [4.78, 5) is 0. The molecule has 0 spiro atoms. The van der Waals surface area contributed by atoms with Crippen LogP contribution in [0.5, 0.6) is 5.75 Å². The maximum atomic E-state index is 12.1. The molecule has 0 amide bonds. The highest BCUT2D eigenvalue weighted by Gasteiger charge is 2.16. The van der Waals surface area contributed by atoms with Crippen LogP contribution in [-0.4, -0.2) is 16.8 Å². The van der Waals surface area contributed by atoms with E-state index in [0.29, 0.717) is 11.8 Å². The molecule has 2 aromatic rings. The molecular weight excluding hydrogens is 280 g/mol. The minimum absolute atomic E-state index is 0.00666. The van der Waals surface area contributed by atoms with Gasteiger partial charge < -0.3 is 9.15 Å². The predicted molar refractivity (Wildman–Crippen MR) is 72.1 cm³/mol. The first-order valence-corrected chi connectivity index (χ1v) is 6.56. The zero-order valence-corrected chi connectivity index (χ0v) is 12.0. The van der Waals surface area contributed by atoms with Gasteiger partial charge in [0.05, 0.1) is 6.04 Å². The van der Waals surface area contributed by atoms with Crippen LogP contribution in [0.3, 0.4) is 0 Å². The molecule has 114 valence electrons. The number of hydrogen-bond acceptors (Lipinski definition) is 5. The molecule has 1 aromatic heterocycles. The van der Waals surface area contributed by atoms with Crippen molar-refractivity contribution in [3.63, 3.8) is 0 Å². The molecule has 7 heteroatoms. The van der Waals surface area contributed by atoms with Crippen molar-refractivity contribution in [2.75, 3.05) is 0 Å². The van der Waals surface area contributed by atoms with Gasteiger partial charge in [-0.2, -0.15) is 8.78 Å². The first-order chi connectivity index (χ1) is 9.95. The van der Waals surface area contributed by atoms with Gasteiger partial charge in [-0.1, -0.05) is 12.1 Å². The van der Waals surface area contributed by atoms with Crippen molar-refractivity contribution in [1.82, 2.24) is 15.5 Å². The zero-order chi connectivity index (χ0) is 15.4. The molecule has 2 rings (SSSR count). The van der Waals surface area contributed by atoms with Gasteiger partial charge in [0.25, 0.3) is 0 Å². The Kier molecular flexibility index (Phi) is 4.85. The number of rotatable bonds is 6. The second kappa shape index (κ2) is 6.62. The Balaban J connectivity index is 1.98. The molecule has 2 atom stereocenters. The highest BCUT2D eigenvalue weighted by Crippen LogP contribution is 2.21. The van der Waals surface area contributed by atoms with Crippen LogP contribution in [0.1, 0.15) is 43.3 Å². The SMILES string of the molecule is Cc1nnc([C@@H](C)N[C@H](C)c2ccc(OC(F)F)cc2)o1. The van der Waals surface area contributed by atoms with E-state index in [2.05, 4.69) is 20.3 Å². The Morgan fingerprint density at radius 2 is 1.76 bits per heavy atom. The van der Waals surface area contributed by atoms with E-state index in [-0.39, 0.29) is 17.8 Å². The number of aryl methyl sites for hydroxylation is 1. The van der Waals surface area contributed by atoms with Crippen LogP contribution in [0.4, 0.5) is 8.78 Å². The average Bonchev–Trinajstić information content (AvgIpc) is 2.85. The summed E-state index contributed by atoms with van der Waals surface area (Å²) < 4.78 is 33.8. The standard InChI is InChI=1S/C14H17F2N3O2/c1-8(17-9(2)13-19-18-10(3)20-13)11-4-6-12(7-5-11)21-14(15)16/h4-9,14,17H,1-3H3/t8-,9-/m1/s1. The molecule has 1 aromatic carbocycles. The van der Waals surface area contributed by atoms with Gasteiger partial charge in [-0.25, -0.2) is 0 Å². The third kappa shape index (κ3) is 4.22. The number of nitrogens with zero attached hydrogens (tertiary/aromatic N) is 2. The van der Waals surface area contributed by atoms with Gasteiger partial charge in [-0.05, 0) is 31.5 Å². The summed E-state index contributed by atoms with van der Waals surface area (Å²) in [6.45, 7) is 2.79. The van der Waals surface area contributed by atoms with Gasteiger partial charge in [0.15, 0.2) is 0 Å². The number of hydrogen-bond donors (Lipinski definition) is 1. The van der Waals surface area contributed by atoms with Crippen molar-refractivity contribution < 1.29 is 17.9 Å². The van der Waals surface area contributed by atoms with Crippen LogP contribution in [0.15, 0.2) is 28.7 Å². The third-order valence-electron chi connectivity index (χ3n) is 3.02. The summed E-state index contributed by atoms with van der Waals surface area (Å²) in [6.07, 6.45) is 0. The Morgan fingerprint density at radius 1 is 1.10 bits per heavy atom. The summed E-state index contributed by atoms with van der Waals surface area (Å²) >= 11 is 0. The van der Waals surface area contributed by atoms with Gasteiger partial charge in [-0.3, -0.25) is 5.32 Å². The molecule has 0 saturated heterocycles. The molecule has 0 bridgehead atoms. The highest BCUT2D eigenvalue weighted by atomic mass is 19.3. The second-order valence-corrected chi connectivity index (χ2v) is 4.72. The van der Waals surface area contributed by atoms with Crippen molar-refractivity contribution in [3.05, 3.63) is 41.6 Å². The van der Waals surface area contributed by atoms with Crippen LogP contribution in [-0.2, 0) is 0 Å². The smallest absolute Gasteiger partial charge is 0.387 e. The Bertz CT molecular complexity index is 572. The van der Waals surface area contributed by atoms with E-state index < -0.39 is 6.61 Å². The zero-order valence-electron chi connectivity index (χ0n) is 12.0. The first kappa shape index (κ1) is 15.4. The number of halogens is 2. The second-order valence-electron chi connectivity index (χ2n) is 4.72. The maximum absolute atomic E-state index is 12.1. The minimum atomic E-state index is -2.81. The predicted octanol–water partition coefficient (Wildman–Crippen LogP) is 3.39. The van der Waals surface area contributed by atoms with Crippen molar-refractivity contribution in [1.29, 1.82) is 0 Å².